The number of benzene rings is 1. The largest absolute Gasteiger partial charge is 0.299 e. The predicted octanol–water partition coefficient (Wildman–Crippen LogP) is 6.24. The maximum atomic E-state index is 12.9. The molecule has 1 aromatic carbocycles. The van der Waals surface area contributed by atoms with E-state index in [0.717, 1.165) is 19.3 Å². The smallest absolute Gasteiger partial charge is 0.136 e. The molecule has 128 valence electrons. The summed E-state index contributed by atoms with van der Waals surface area (Å²) in [5.74, 6) is 2.46. The number of Topliss-reactive ketones (excluding diaryl/α,β-unsaturated/α-hetero) is 1. The molecule has 0 amide bonds. The van der Waals surface area contributed by atoms with Crippen LogP contribution in [0.25, 0.3) is 0 Å². The highest BCUT2D eigenvalue weighted by Crippen LogP contribution is 2.45. The van der Waals surface area contributed by atoms with Crippen LogP contribution in [0.1, 0.15) is 78.2 Å². The second-order valence-electron chi connectivity index (χ2n) is 8.74. The van der Waals surface area contributed by atoms with Crippen LogP contribution in [0.5, 0.6) is 0 Å². The predicted molar refractivity (Wildman–Crippen MR) is 98.5 cm³/mol. The van der Waals surface area contributed by atoms with Crippen LogP contribution in [0, 0.1) is 23.2 Å². The van der Waals surface area contributed by atoms with Crippen LogP contribution >= 0.6 is 0 Å². The van der Waals surface area contributed by atoms with Gasteiger partial charge in [0.2, 0.25) is 0 Å². The highest BCUT2D eigenvalue weighted by atomic mass is 16.1. The normalized spacial score (nSPS) is 25.3. The van der Waals surface area contributed by atoms with Crippen LogP contribution in [0.2, 0.25) is 0 Å². The van der Waals surface area contributed by atoms with E-state index in [1.807, 2.05) is 0 Å². The monoisotopic (exact) mass is 314 g/mol. The number of rotatable bonds is 6. The van der Waals surface area contributed by atoms with Gasteiger partial charge >= 0.3 is 0 Å². The average Bonchev–Trinajstić information content (AvgIpc) is 2.51. The Morgan fingerprint density at radius 2 is 1.83 bits per heavy atom. The van der Waals surface area contributed by atoms with Gasteiger partial charge in [0, 0.05) is 12.3 Å². The van der Waals surface area contributed by atoms with Gasteiger partial charge in [-0.15, -0.1) is 0 Å². The Morgan fingerprint density at radius 1 is 1.17 bits per heavy atom. The minimum Gasteiger partial charge on any atom is -0.299 e. The zero-order valence-electron chi connectivity index (χ0n) is 15.6. The van der Waals surface area contributed by atoms with Crippen molar-refractivity contribution in [1.82, 2.24) is 0 Å². The van der Waals surface area contributed by atoms with Crippen molar-refractivity contribution in [2.45, 2.75) is 72.6 Å². The highest BCUT2D eigenvalue weighted by Gasteiger charge is 2.39. The Bertz CT molecular complexity index is 500. The molecule has 1 aliphatic carbocycles. The highest BCUT2D eigenvalue weighted by molar-refractivity contribution is 5.81. The molecule has 1 aliphatic rings. The van der Waals surface area contributed by atoms with Crippen molar-refractivity contribution in [2.75, 3.05) is 0 Å². The van der Waals surface area contributed by atoms with E-state index in [1.165, 1.54) is 18.4 Å². The van der Waals surface area contributed by atoms with Crippen LogP contribution in [-0.4, -0.2) is 5.78 Å². The molecule has 0 bridgehead atoms. The summed E-state index contributed by atoms with van der Waals surface area (Å²) in [4.78, 5) is 12.9. The van der Waals surface area contributed by atoms with Crippen LogP contribution in [0.15, 0.2) is 30.3 Å². The molecule has 1 heteroatoms. The van der Waals surface area contributed by atoms with Gasteiger partial charge < -0.3 is 0 Å². The van der Waals surface area contributed by atoms with Gasteiger partial charge in [0.1, 0.15) is 5.78 Å². The Labute approximate surface area is 142 Å². The lowest BCUT2D eigenvalue weighted by molar-refractivity contribution is -0.128. The Kier molecular flexibility index (Phi) is 6.06. The first-order valence-corrected chi connectivity index (χ1v) is 9.38. The Morgan fingerprint density at radius 3 is 2.43 bits per heavy atom. The van der Waals surface area contributed by atoms with E-state index in [2.05, 4.69) is 65.0 Å². The molecule has 0 saturated heterocycles. The maximum Gasteiger partial charge on any atom is 0.136 e. The van der Waals surface area contributed by atoms with E-state index >= 15 is 0 Å². The summed E-state index contributed by atoms with van der Waals surface area (Å²) >= 11 is 0. The minimum atomic E-state index is 0.279. The lowest BCUT2D eigenvalue weighted by Gasteiger charge is -2.42. The van der Waals surface area contributed by atoms with Crippen molar-refractivity contribution in [1.29, 1.82) is 0 Å². The molecule has 0 aliphatic heterocycles. The van der Waals surface area contributed by atoms with Crippen molar-refractivity contribution < 1.29 is 4.79 Å². The molecule has 3 unspecified atom stereocenters. The van der Waals surface area contributed by atoms with Crippen molar-refractivity contribution >= 4 is 5.78 Å². The fraction of sp³-hybridized carbons (Fsp3) is 0.682. The van der Waals surface area contributed by atoms with Gasteiger partial charge in [0.05, 0.1) is 0 Å². The summed E-state index contributed by atoms with van der Waals surface area (Å²) in [5.41, 5.74) is 1.68. The molecule has 1 fully saturated rings. The minimum absolute atomic E-state index is 0.279. The molecule has 2 rings (SSSR count). The summed E-state index contributed by atoms with van der Waals surface area (Å²) < 4.78 is 0. The van der Waals surface area contributed by atoms with Gasteiger partial charge in [0.25, 0.3) is 0 Å². The molecule has 0 radical (unpaired) electrons. The third-order valence-electron chi connectivity index (χ3n) is 5.91. The first-order chi connectivity index (χ1) is 10.8. The lowest BCUT2D eigenvalue weighted by Crippen LogP contribution is -2.37. The maximum absolute atomic E-state index is 12.9. The van der Waals surface area contributed by atoms with E-state index in [9.17, 15) is 4.79 Å². The standard InChI is InChI=1S/C22H34O/c1-16(2)19-13-14-22(4,5)15-20(19)21(23)12-11-17(3)18-9-7-6-8-10-18/h6-10,16-17,19-20H,11-15H2,1-5H3. The van der Waals surface area contributed by atoms with Crippen LogP contribution in [0.4, 0.5) is 0 Å². The van der Waals surface area contributed by atoms with E-state index in [1.54, 1.807) is 0 Å². The third kappa shape index (κ3) is 4.93. The Balaban J connectivity index is 1.97. The summed E-state index contributed by atoms with van der Waals surface area (Å²) in [6, 6.07) is 10.6. The molecule has 0 spiro atoms. The summed E-state index contributed by atoms with van der Waals surface area (Å²) in [6.07, 6.45) is 5.27. The molecule has 3 atom stereocenters. The number of carbonyl (C=O) groups excluding carboxylic acids is 1. The number of hydrogen-bond donors (Lipinski definition) is 0. The molecular weight excluding hydrogens is 280 g/mol. The summed E-state index contributed by atoms with van der Waals surface area (Å²) in [7, 11) is 0. The van der Waals surface area contributed by atoms with Crippen molar-refractivity contribution in [3.8, 4) is 0 Å². The van der Waals surface area contributed by atoms with E-state index in [0.29, 0.717) is 29.0 Å². The molecule has 0 aromatic heterocycles. The second kappa shape index (κ2) is 7.64. The first kappa shape index (κ1) is 18.2. The van der Waals surface area contributed by atoms with Gasteiger partial charge in [-0.25, -0.2) is 0 Å². The number of carbonyl (C=O) groups is 1. The molecular formula is C22H34O. The molecule has 0 N–H and O–H groups in total. The molecule has 1 saturated carbocycles. The van der Waals surface area contributed by atoms with Gasteiger partial charge in [-0.05, 0) is 54.4 Å². The van der Waals surface area contributed by atoms with Crippen LogP contribution < -0.4 is 0 Å². The van der Waals surface area contributed by atoms with E-state index in [4.69, 9.17) is 0 Å². The zero-order valence-corrected chi connectivity index (χ0v) is 15.6. The molecule has 23 heavy (non-hydrogen) atoms. The van der Waals surface area contributed by atoms with Gasteiger partial charge in [-0.1, -0.05) is 65.0 Å². The van der Waals surface area contributed by atoms with Gasteiger partial charge in [0.15, 0.2) is 0 Å². The molecule has 1 aromatic rings. The van der Waals surface area contributed by atoms with E-state index < -0.39 is 0 Å². The van der Waals surface area contributed by atoms with E-state index in [-0.39, 0.29) is 5.92 Å². The van der Waals surface area contributed by atoms with Crippen LogP contribution in [0.3, 0.4) is 0 Å². The second-order valence-corrected chi connectivity index (χ2v) is 8.74. The average molecular weight is 315 g/mol. The third-order valence-corrected chi connectivity index (χ3v) is 5.91. The van der Waals surface area contributed by atoms with Crippen molar-refractivity contribution in [3.63, 3.8) is 0 Å². The number of ketones is 1. The van der Waals surface area contributed by atoms with Crippen molar-refractivity contribution in [3.05, 3.63) is 35.9 Å². The van der Waals surface area contributed by atoms with Crippen LogP contribution in [-0.2, 0) is 4.79 Å². The Hall–Kier alpha value is -1.11. The first-order valence-electron chi connectivity index (χ1n) is 9.38. The van der Waals surface area contributed by atoms with Gasteiger partial charge in [-0.2, -0.15) is 0 Å². The van der Waals surface area contributed by atoms with Crippen molar-refractivity contribution in [2.24, 2.45) is 23.2 Å². The number of hydrogen-bond acceptors (Lipinski definition) is 1. The quantitative estimate of drug-likeness (QED) is 0.607. The SMILES string of the molecule is CC(CCC(=O)C1CC(C)(C)CCC1C(C)C)c1ccccc1. The fourth-order valence-corrected chi connectivity index (χ4v) is 4.25. The molecule has 0 heterocycles. The zero-order chi connectivity index (χ0) is 17.0. The fourth-order valence-electron chi connectivity index (χ4n) is 4.25. The summed E-state index contributed by atoms with van der Waals surface area (Å²) in [5, 5.41) is 0. The lowest BCUT2D eigenvalue weighted by atomic mass is 9.62. The molecule has 1 nitrogen and oxygen atoms in total. The summed E-state index contributed by atoms with van der Waals surface area (Å²) in [6.45, 7) is 11.5. The van der Waals surface area contributed by atoms with Gasteiger partial charge in [-0.3, -0.25) is 4.79 Å². The topological polar surface area (TPSA) is 17.1 Å².